The van der Waals surface area contributed by atoms with Gasteiger partial charge in [0.05, 0.1) is 12.1 Å². The molecule has 1 fully saturated rings. The highest BCUT2D eigenvalue weighted by molar-refractivity contribution is 6.30. The van der Waals surface area contributed by atoms with E-state index in [1.807, 2.05) is 0 Å². The van der Waals surface area contributed by atoms with Gasteiger partial charge in [-0.25, -0.2) is 9.82 Å². The molecule has 1 heterocycles. The second kappa shape index (κ2) is 7.44. The molecule has 5 nitrogen and oxygen atoms in total. The molecule has 7 heteroatoms. The van der Waals surface area contributed by atoms with E-state index in [4.69, 9.17) is 11.6 Å². The molecule has 0 bridgehead atoms. The van der Waals surface area contributed by atoms with E-state index in [0.29, 0.717) is 22.8 Å². The molecule has 1 aliphatic heterocycles. The molecule has 0 aliphatic carbocycles. The number of hydrogen-bond donors (Lipinski definition) is 1. The molecule has 0 aromatic heterocycles. The summed E-state index contributed by atoms with van der Waals surface area (Å²) < 4.78 is 12.8. The number of benzene rings is 2. The summed E-state index contributed by atoms with van der Waals surface area (Å²) in [6.45, 7) is 0.290. The quantitative estimate of drug-likeness (QED) is 0.674. The maximum absolute atomic E-state index is 12.8. The van der Waals surface area contributed by atoms with Crippen LogP contribution < -0.4 is 10.3 Å². The van der Waals surface area contributed by atoms with Gasteiger partial charge in [-0.05, 0) is 42.0 Å². The van der Waals surface area contributed by atoms with Crippen molar-refractivity contribution in [2.75, 3.05) is 11.4 Å². The van der Waals surface area contributed by atoms with Crippen molar-refractivity contribution in [3.63, 3.8) is 0 Å². The highest BCUT2D eigenvalue weighted by atomic mass is 35.5. The van der Waals surface area contributed by atoms with Gasteiger partial charge in [0.15, 0.2) is 0 Å². The molecule has 2 aromatic rings. The van der Waals surface area contributed by atoms with Crippen molar-refractivity contribution >= 4 is 35.3 Å². The first-order valence-electron chi connectivity index (χ1n) is 7.67. The molecule has 0 unspecified atom stereocenters. The fourth-order valence-electron chi connectivity index (χ4n) is 2.56. The maximum atomic E-state index is 12.8. The Kier molecular flexibility index (Phi) is 5.09. The zero-order valence-corrected chi connectivity index (χ0v) is 13.9. The SMILES string of the molecule is O=C(N/N=C\c1ccc(F)cc1)[C@@H]1CC(=O)N(c2ccc(Cl)cc2)C1. The largest absolute Gasteiger partial charge is 0.312 e. The van der Waals surface area contributed by atoms with Crippen LogP contribution in [0.25, 0.3) is 0 Å². The van der Waals surface area contributed by atoms with E-state index in [1.165, 1.54) is 18.3 Å². The molecule has 2 aromatic carbocycles. The van der Waals surface area contributed by atoms with Crippen molar-refractivity contribution in [3.8, 4) is 0 Å². The number of carbonyl (C=O) groups is 2. The zero-order valence-electron chi connectivity index (χ0n) is 13.2. The summed E-state index contributed by atoms with van der Waals surface area (Å²) in [6.07, 6.45) is 1.55. The van der Waals surface area contributed by atoms with Gasteiger partial charge in [0.1, 0.15) is 5.82 Å². The lowest BCUT2D eigenvalue weighted by Crippen LogP contribution is -2.30. The third-order valence-corrected chi connectivity index (χ3v) is 4.14. The van der Waals surface area contributed by atoms with Gasteiger partial charge in [-0.2, -0.15) is 5.10 Å². The van der Waals surface area contributed by atoms with E-state index in [-0.39, 0.29) is 24.1 Å². The maximum Gasteiger partial charge on any atom is 0.245 e. The highest BCUT2D eigenvalue weighted by Gasteiger charge is 2.35. The van der Waals surface area contributed by atoms with Crippen molar-refractivity contribution in [1.29, 1.82) is 0 Å². The molecule has 0 radical (unpaired) electrons. The van der Waals surface area contributed by atoms with Crippen molar-refractivity contribution < 1.29 is 14.0 Å². The normalized spacial score (nSPS) is 17.3. The Morgan fingerprint density at radius 1 is 1.20 bits per heavy atom. The van der Waals surface area contributed by atoms with Crippen LogP contribution in [0, 0.1) is 11.7 Å². The number of amides is 2. The van der Waals surface area contributed by atoms with Crippen LogP contribution in [0.1, 0.15) is 12.0 Å². The van der Waals surface area contributed by atoms with Gasteiger partial charge in [-0.1, -0.05) is 23.7 Å². The third kappa shape index (κ3) is 4.22. The Labute approximate surface area is 149 Å². The van der Waals surface area contributed by atoms with Crippen molar-refractivity contribution in [2.24, 2.45) is 11.0 Å². The molecular formula is C18H15ClFN3O2. The van der Waals surface area contributed by atoms with Crippen molar-refractivity contribution in [1.82, 2.24) is 5.43 Å². The molecule has 0 spiro atoms. The van der Waals surface area contributed by atoms with Crippen LogP contribution >= 0.6 is 11.6 Å². The second-order valence-corrected chi connectivity index (χ2v) is 6.10. The summed E-state index contributed by atoms with van der Waals surface area (Å²) in [6, 6.07) is 12.6. The summed E-state index contributed by atoms with van der Waals surface area (Å²) in [7, 11) is 0. The average Bonchev–Trinajstić information content (AvgIpc) is 2.99. The summed E-state index contributed by atoms with van der Waals surface area (Å²) in [4.78, 5) is 25.9. The molecule has 1 aliphatic rings. The summed E-state index contributed by atoms with van der Waals surface area (Å²) >= 11 is 5.85. The number of nitrogens with one attached hydrogen (secondary N) is 1. The Morgan fingerprint density at radius 2 is 1.88 bits per heavy atom. The van der Waals surface area contributed by atoms with E-state index < -0.39 is 5.92 Å². The summed E-state index contributed by atoms with van der Waals surface area (Å²) in [5.41, 5.74) is 3.79. The van der Waals surface area contributed by atoms with Crippen LogP contribution in [0.4, 0.5) is 10.1 Å². The summed E-state index contributed by atoms with van der Waals surface area (Å²) in [5.74, 6) is -1.27. The van der Waals surface area contributed by atoms with Crippen LogP contribution in [0.2, 0.25) is 5.02 Å². The first kappa shape index (κ1) is 17.1. The molecule has 1 atom stereocenters. The number of rotatable bonds is 4. The minimum Gasteiger partial charge on any atom is -0.312 e. The summed E-state index contributed by atoms with van der Waals surface area (Å²) in [5, 5.41) is 4.44. The number of carbonyl (C=O) groups excluding carboxylic acids is 2. The first-order valence-corrected chi connectivity index (χ1v) is 8.05. The van der Waals surface area contributed by atoms with Gasteiger partial charge in [0, 0.05) is 23.7 Å². The number of hydrogen-bond acceptors (Lipinski definition) is 3. The lowest BCUT2D eigenvalue weighted by molar-refractivity contribution is -0.126. The first-order chi connectivity index (χ1) is 12.0. The lowest BCUT2D eigenvalue weighted by Gasteiger charge is -2.16. The van der Waals surface area contributed by atoms with Crippen LogP contribution in [0.3, 0.4) is 0 Å². The fraction of sp³-hybridized carbons (Fsp3) is 0.167. The Hall–Kier alpha value is -2.73. The second-order valence-electron chi connectivity index (χ2n) is 5.67. The van der Waals surface area contributed by atoms with Crippen molar-refractivity contribution in [2.45, 2.75) is 6.42 Å². The topological polar surface area (TPSA) is 61.8 Å². The van der Waals surface area contributed by atoms with Gasteiger partial charge >= 0.3 is 0 Å². The molecule has 128 valence electrons. The van der Waals surface area contributed by atoms with Crippen LogP contribution in [0.15, 0.2) is 53.6 Å². The van der Waals surface area contributed by atoms with Crippen LogP contribution in [-0.4, -0.2) is 24.6 Å². The number of anilines is 1. The minimum atomic E-state index is -0.478. The van der Waals surface area contributed by atoms with Gasteiger partial charge in [0.25, 0.3) is 0 Å². The molecule has 25 heavy (non-hydrogen) atoms. The molecule has 2 amide bonds. The van der Waals surface area contributed by atoms with E-state index >= 15 is 0 Å². The highest BCUT2D eigenvalue weighted by Crippen LogP contribution is 2.26. The van der Waals surface area contributed by atoms with Gasteiger partial charge in [-0.15, -0.1) is 0 Å². The van der Waals surface area contributed by atoms with E-state index in [9.17, 15) is 14.0 Å². The van der Waals surface area contributed by atoms with E-state index in [0.717, 1.165) is 0 Å². The van der Waals surface area contributed by atoms with Crippen molar-refractivity contribution in [3.05, 3.63) is 64.9 Å². The number of nitrogens with zero attached hydrogens (tertiary/aromatic N) is 2. The molecule has 1 N–H and O–H groups in total. The predicted molar refractivity (Wildman–Crippen MR) is 94.0 cm³/mol. The molecular weight excluding hydrogens is 345 g/mol. The fourth-order valence-corrected chi connectivity index (χ4v) is 2.69. The van der Waals surface area contributed by atoms with Gasteiger partial charge in [-0.3, -0.25) is 9.59 Å². The molecule has 0 saturated carbocycles. The standard InChI is InChI=1S/C18H15ClFN3O2/c19-14-3-7-16(8-4-14)23-11-13(9-17(23)24)18(25)22-21-10-12-1-5-15(20)6-2-12/h1-8,10,13H,9,11H2,(H,22,25)/b21-10-/t13-/m1/s1. The molecule has 1 saturated heterocycles. The monoisotopic (exact) mass is 359 g/mol. The molecule has 3 rings (SSSR count). The van der Waals surface area contributed by atoms with E-state index in [1.54, 1.807) is 41.3 Å². The minimum absolute atomic E-state index is 0.120. The number of halogens is 2. The number of hydrazone groups is 1. The van der Waals surface area contributed by atoms with Crippen LogP contribution in [-0.2, 0) is 9.59 Å². The average molecular weight is 360 g/mol. The van der Waals surface area contributed by atoms with E-state index in [2.05, 4.69) is 10.5 Å². The van der Waals surface area contributed by atoms with Gasteiger partial charge in [0.2, 0.25) is 11.8 Å². The van der Waals surface area contributed by atoms with Crippen LogP contribution in [0.5, 0.6) is 0 Å². The van der Waals surface area contributed by atoms with Gasteiger partial charge < -0.3 is 4.90 Å². The predicted octanol–water partition coefficient (Wildman–Crippen LogP) is 2.98. The lowest BCUT2D eigenvalue weighted by atomic mass is 10.1. The Balaban J connectivity index is 1.59. The Morgan fingerprint density at radius 3 is 2.56 bits per heavy atom. The third-order valence-electron chi connectivity index (χ3n) is 3.89. The Bertz CT molecular complexity index is 806. The smallest absolute Gasteiger partial charge is 0.245 e. The zero-order chi connectivity index (χ0) is 17.8.